The van der Waals surface area contributed by atoms with Crippen LogP contribution in [0.1, 0.15) is 31.2 Å². The van der Waals surface area contributed by atoms with Crippen LogP contribution >= 0.6 is 0 Å². The lowest BCUT2D eigenvalue weighted by Crippen LogP contribution is -2.13. The fourth-order valence-electron chi connectivity index (χ4n) is 1.91. The maximum absolute atomic E-state index is 13.6. The fraction of sp³-hybridized carbons (Fsp3) is 0.462. The highest BCUT2D eigenvalue weighted by Crippen LogP contribution is 2.20. The van der Waals surface area contributed by atoms with Gasteiger partial charge in [-0.1, -0.05) is 18.6 Å². The first-order valence-electron chi connectivity index (χ1n) is 5.83. The lowest BCUT2D eigenvalue weighted by atomic mass is 10.1. The van der Waals surface area contributed by atoms with Gasteiger partial charge in [0.15, 0.2) is 0 Å². The molecule has 0 atom stereocenters. The highest BCUT2D eigenvalue weighted by atomic mass is 19.1. The van der Waals surface area contributed by atoms with E-state index in [9.17, 15) is 4.39 Å². The summed E-state index contributed by atoms with van der Waals surface area (Å²) >= 11 is 0. The zero-order valence-electron chi connectivity index (χ0n) is 9.59. The van der Waals surface area contributed by atoms with Crippen molar-refractivity contribution in [1.82, 2.24) is 0 Å². The molecule has 0 fully saturated rings. The molecule has 0 unspecified atom stereocenters. The second-order valence-electron chi connectivity index (χ2n) is 4.20. The lowest BCUT2D eigenvalue weighted by Gasteiger charge is -2.11. The molecule has 0 bridgehead atoms. The van der Waals surface area contributed by atoms with Crippen molar-refractivity contribution in [3.05, 3.63) is 29.6 Å². The quantitative estimate of drug-likeness (QED) is 0.769. The predicted octanol–water partition coefficient (Wildman–Crippen LogP) is 3.52. The molecular formula is C13H17FN2. The smallest absolute Gasteiger partial charge is 0.146 e. The summed E-state index contributed by atoms with van der Waals surface area (Å²) in [6, 6.07) is 5.11. The van der Waals surface area contributed by atoms with Crippen LogP contribution in [0.25, 0.3) is 0 Å². The molecule has 0 saturated carbocycles. The topological polar surface area (TPSA) is 24.4 Å². The molecule has 1 heterocycles. The average molecular weight is 220 g/mol. The molecule has 0 amide bonds. The first-order chi connectivity index (χ1) is 7.77. The zero-order valence-corrected chi connectivity index (χ0v) is 9.59. The summed E-state index contributed by atoms with van der Waals surface area (Å²) in [5, 5.41) is 3.13. The number of hydrogen-bond donors (Lipinski definition) is 1. The van der Waals surface area contributed by atoms with Gasteiger partial charge in [0.05, 0.1) is 5.69 Å². The van der Waals surface area contributed by atoms with E-state index in [0.717, 1.165) is 37.2 Å². The van der Waals surface area contributed by atoms with Gasteiger partial charge in [-0.25, -0.2) is 4.39 Å². The molecule has 3 heteroatoms. The number of aryl methyl sites for hydroxylation is 1. The lowest BCUT2D eigenvalue weighted by molar-refractivity contribution is 0.631. The van der Waals surface area contributed by atoms with Gasteiger partial charge in [-0.15, -0.1) is 0 Å². The third-order valence-corrected chi connectivity index (χ3v) is 2.87. The van der Waals surface area contributed by atoms with Crippen LogP contribution in [-0.2, 0) is 0 Å². The maximum atomic E-state index is 13.6. The van der Waals surface area contributed by atoms with E-state index < -0.39 is 0 Å². The van der Waals surface area contributed by atoms with Crippen LogP contribution in [0.15, 0.2) is 23.2 Å². The number of nitrogens with one attached hydrogen (secondary N) is 1. The number of amidine groups is 1. The van der Waals surface area contributed by atoms with Gasteiger partial charge in [-0.2, -0.15) is 0 Å². The summed E-state index contributed by atoms with van der Waals surface area (Å²) in [6.07, 6.45) is 4.42. The van der Waals surface area contributed by atoms with Gasteiger partial charge >= 0.3 is 0 Å². The summed E-state index contributed by atoms with van der Waals surface area (Å²) < 4.78 is 13.6. The monoisotopic (exact) mass is 220 g/mol. The Bertz CT molecular complexity index is 379. The summed E-state index contributed by atoms with van der Waals surface area (Å²) in [6.45, 7) is 2.76. The van der Waals surface area contributed by atoms with Crippen molar-refractivity contribution in [2.45, 2.75) is 32.6 Å². The molecule has 1 aromatic rings. The molecule has 1 aliphatic heterocycles. The molecule has 1 aromatic carbocycles. The number of anilines is 1. The first kappa shape index (κ1) is 11.1. The Kier molecular flexibility index (Phi) is 3.54. The van der Waals surface area contributed by atoms with E-state index in [0.29, 0.717) is 5.69 Å². The van der Waals surface area contributed by atoms with E-state index >= 15 is 0 Å². The number of benzene rings is 1. The normalized spacial score (nSPS) is 16.5. The van der Waals surface area contributed by atoms with Crippen molar-refractivity contribution in [2.75, 3.05) is 11.9 Å². The standard InChI is InChI=1S/C13H17FN2/c1-10-6-5-7-11(14)13(10)16-12-8-3-2-4-9-15-12/h5-7H,2-4,8-9H2,1H3,(H,15,16). The van der Waals surface area contributed by atoms with Gasteiger partial charge in [-0.05, 0) is 31.4 Å². The summed E-state index contributed by atoms with van der Waals surface area (Å²) in [5.74, 6) is 0.720. The number of rotatable bonds is 1. The molecule has 0 spiro atoms. The fourth-order valence-corrected chi connectivity index (χ4v) is 1.91. The van der Waals surface area contributed by atoms with Gasteiger partial charge in [-0.3, -0.25) is 4.99 Å². The van der Waals surface area contributed by atoms with Crippen LogP contribution in [0.5, 0.6) is 0 Å². The molecule has 1 N–H and O–H groups in total. The third kappa shape index (κ3) is 2.60. The molecule has 2 rings (SSSR count). The van der Waals surface area contributed by atoms with E-state index in [-0.39, 0.29) is 5.82 Å². The number of hydrogen-bond acceptors (Lipinski definition) is 2. The Morgan fingerprint density at radius 3 is 2.94 bits per heavy atom. The van der Waals surface area contributed by atoms with Crippen LogP contribution in [0.4, 0.5) is 10.1 Å². The van der Waals surface area contributed by atoms with E-state index in [1.54, 1.807) is 6.07 Å². The Morgan fingerprint density at radius 1 is 1.25 bits per heavy atom. The van der Waals surface area contributed by atoms with Crippen LogP contribution in [-0.4, -0.2) is 12.4 Å². The number of halogens is 1. The van der Waals surface area contributed by atoms with E-state index in [4.69, 9.17) is 0 Å². The largest absolute Gasteiger partial charge is 0.341 e. The van der Waals surface area contributed by atoms with Gasteiger partial charge in [0.2, 0.25) is 0 Å². The summed E-state index contributed by atoms with van der Waals surface area (Å²) in [5.41, 5.74) is 1.50. The van der Waals surface area contributed by atoms with E-state index in [2.05, 4.69) is 10.3 Å². The van der Waals surface area contributed by atoms with Crippen LogP contribution in [0.3, 0.4) is 0 Å². The number of aliphatic imine (C=N–C) groups is 1. The van der Waals surface area contributed by atoms with Crippen molar-refractivity contribution < 1.29 is 4.39 Å². The van der Waals surface area contributed by atoms with Crippen molar-refractivity contribution in [3.63, 3.8) is 0 Å². The number of para-hydroxylation sites is 1. The van der Waals surface area contributed by atoms with Crippen molar-refractivity contribution in [3.8, 4) is 0 Å². The Hall–Kier alpha value is -1.38. The predicted molar refractivity (Wildman–Crippen MR) is 65.5 cm³/mol. The van der Waals surface area contributed by atoms with Gasteiger partial charge in [0, 0.05) is 13.0 Å². The SMILES string of the molecule is Cc1cccc(F)c1NC1=NCCCCC1. The minimum Gasteiger partial charge on any atom is -0.341 e. The van der Waals surface area contributed by atoms with Gasteiger partial charge in [0.1, 0.15) is 11.7 Å². The molecule has 86 valence electrons. The second kappa shape index (κ2) is 5.10. The highest BCUT2D eigenvalue weighted by Gasteiger charge is 2.09. The second-order valence-corrected chi connectivity index (χ2v) is 4.20. The third-order valence-electron chi connectivity index (χ3n) is 2.87. The van der Waals surface area contributed by atoms with E-state index in [1.165, 1.54) is 12.5 Å². The summed E-state index contributed by atoms with van der Waals surface area (Å²) in [7, 11) is 0. The van der Waals surface area contributed by atoms with Crippen LogP contribution in [0.2, 0.25) is 0 Å². The minimum absolute atomic E-state index is 0.202. The van der Waals surface area contributed by atoms with Gasteiger partial charge in [0.25, 0.3) is 0 Å². The van der Waals surface area contributed by atoms with E-state index in [1.807, 2.05) is 13.0 Å². The van der Waals surface area contributed by atoms with Crippen molar-refractivity contribution in [2.24, 2.45) is 4.99 Å². The molecule has 16 heavy (non-hydrogen) atoms. The zero-order chi connectivity index (χ0) is 11.4. The van der Waals surface area contributed by atoms with Crippen LogP contribution < -0.4 is 5.32 Å². The molecule has 0 radical (unpaired) electrons. The minimum atomic E-state index is -0.202. The number of nitrogens with zero attached hydrogens (tertiary/aromatic N) is 1. The Balaban J connectivity index is 2.16. The van der Waals surface area contributed by atoms with Crippen molar-refractivity contribution in [1.29, 1.82) is 0 Å². The van der Waals surface area contributed by atoms with Crippen molar-refractivity contribution >= 4 is 11.5 Å². The molecular weight excluding hydrogens is 203 g/mol. The molecule has 0 aromatic heterocycles. The average Bonchev–Trinajstić information content (AvgIpc) is 2.52. The molecule has 0 aliphatic carbocycles. The van der Waals surface area contributed by atoms with Crippen LogP contribution in [0, 0.1) is 12.7 Å². The van der Waals surface area contributed by atoms with Gasteiger partial charge < -0.3 is 5.32 Å². The first-order valence-corrected chi connectivity index (χ1v) is 5.83. The highest BCUT2D eigenvalue weighted by molar-refractivity contribution is 5.96. The molecule has 2 nitrogen and oxygen atoms in total. The summed E-state index contributed by atoms with van der Waals surface area (Å²) in [4.78, 5) is 4.44. The maximum Gasteiger partial charge on any atom is 0.146 e. The Morgan fingerprint density at radius 2 is 2.12 bits per heavy atom. The Labute approximate surface area is 95.6 Å². The molecule has 1 aliphatic rings. The molecule has 0 saturated heterocycles.